The minimum atomic E-state index is 1.16. The largest absolute Gasteiger partial charge is 0.360 e. The molecule has 0 bridgehead atoms. The first-order valence-electron chi connectivity index (χ1n) is 1.91. The summed E-state index contributed by atoms with van der Waals surface area (Å²) in [5, 5.41) is 0. The summed E-state index contributed by atoms with van der Waals surface area (Å²) < 4.78 is 0. The number of rotatable bonds is 0. The fourth-order valence-corrected chi connectivity index (χ4v) is 0.364. The number of hydrogen-bond acceptors (Lipinski definition) is 0. The zero-order chi connectivity index (χ0) is 4.41. The highest BCUT2D eigenvalue weighted by molar-refractivity contribution is 5.02. The van der Waals surface area contributed by atoms with Crippen LogP contribution < -0.4 is 0 Å². The minimum Gasteiger partial charge on any atom is -0.360 e. The van der Waals surface area contributed by atoms with Crippen molar-refractivity contribution in [1.82, 2.24) is 4.98 Å². The molecule has 0 saturated heterocycles. The van der Waals surface area contributed by atoms with E-state index in [1.807, 2.05) is 19.2 Å². The summed E-state index contributed by atoms with van der Waals surface area (Å²) in [6.07, 6.45) is 4.73. The highest BCUT2D eigenvalue weighted by Gasteiger charge is 1.74. The van der Waals surface area contributed by atoms with Gasteiger partial charge in [-0.3, -0.25) is 0 Å². The van der Waals surface area contributed by atoms with E-state index in [0.717, 1.165) is 5.56 Å². The van der Waals surface area contributed by atoms with E-state index in [1.54, 1.807) is 0 Å². The lowest BCUT2D eigenvalue weighted by Gasteiger charge is -1.64. The summed E-state index contributed by atoms with van der Waals surface area (Å²) in [5.74, 6) is 0. The molecule has 1 N–H and O–H groups in total. The molecular weight excluding hydrogens is 74.1 g/mol. The molecule has 0 amide bonds. The van der Waals surface area contributed by atoms with Crippen molar-refractivity contribution in [3.8, 4) is 0 Å². The lowest BCUT2D eigenvalue weighted by atomic mass is 10.4. The van der Waals surface area contributed by atoms with Gasteiger partial charge in [-0.1, -0.05) is 0 Å². The second kappa shape index (κ2) is 1.17. The molecule has 1 radical (unpaired) electrons. The van der Waals surface area contributed by atoms with E-state index >= 15 is 0 Å². The molecule has 1 aromatic heterocycles. The van der Waals surface area contributed by atoms with Crippen LogP contribution in [0.15, 0.2) is 12.3 Å². The van der Waals surface area contributed by atoms with Crippen LogP contribution in [0.4, 0.5) is 0 Å². The van der Waals surface area contributed by atoms with Crippen molar-refractivity contribution >= 4 is 0 Å². The van der Waals surface area contributed by atoms with Gasteiger partial charge in [0, 0.05) is 6.20 Å². The highest BCUT2D eigenvalue weighted by Crippen LogP contribution is 1.87. The van der Waals surface area contributed by atoms with E-state index in [4.69, 9.17) is 0 Å². The van der Waals surface area contributed by atoms with Gasteiger partial charge in [-0.25, -0.2) is 0 Å². The number of hydrogen-bond donors (Lipinski definition) is 1. The Morgan fingerprint density at radius 3 is 2.83 bits per heavy atom. The summed E-state index contributed by atoms with van der Waals surface area (Å²) in [5.41, 5.74) is 1.16. The molecule has 0 aliphatic heterocycles. The number of H-pyrrole nitrogens is 1. The van der Waals surface area contributed by atoms with Crippen LogP contribution in [0.1, 0.15) is 5.56 Å². The van der Waals surface area contributed by atoms with E-state index in [0.29, 0.717) is 0 Å². The van der Waals surface area contributed by atoms with Crippen molar-refractivity contribution in [2.45, 2.75) is 6.92 Å². The van der Waals surface area contributed by atoms with Gasteiger partial charge in [-0.05, 0) is 18.6 Å². The Bertz CT molecular complexity index is 107. The molecule has 1 nitrogen and oxygen atoms in total. The van der Waals surface area contributed by atoms with Crippen molar-refractivity contribution in [3.05, 3.63) is 24.0 Å². The zero-order valence-electron chi connectivity index (χ0n) is 3.65. The number of nitrogens with one attached hydrogen (secondary N) is 1. The lowest BCUT2D eigenvalue weighted by molar-refractivity contribution is 1.37. The summed E-state index contributed by atoms with van der Waals surface area (Å²) in [6, 6.07) is 1.97. The van der Waals surface area contributed by atoms with Gasteiger partial charge in [0.15, 0.2) is 0 Å². The molecule has 0 aliphatic carbocycles. The Kier molecular flexibility index (Phi) is 0.675. The van der Waals surface area contributed by atoms with Crippen LogP contribution in [0.3, 0.4) is 0 Å². The maximum absolute atomic E-state index is 2.88. The summed E-state index contributed by atoms with van der Waals surface area (Å²) in [6.45, 7) is 2.00. The molecule has 0 unspecified atom stereocenters. The van der Waals surface area contributed by atoms with Crippen molar-refractivity contribution < 1.29 is 0 Å². The molecule has 1 aromatic rings. The van der Waals surface area contributed by atoms with Crippen molar-refractivity contribution in [3.63, 3.8) is 0 Å². The molecule has 6 heavy (non-hydrogen) atoms. The molecule has 0 saturated carbocycles. The predicted octanol–water partition coefficient (Wildman–Crippen LogP) is 1.12. The molecule has 0 aliphatic rings. The molecule has 0 atom stereocenters. The molecule has 1 rings (SSSR count). The highest BCUT2D eigenvalue weighted by atomic mass is 14.6. The van der Waals surface area contributed by atoms with Gasteiger partial charge in [-0.2, -0.15) is 0 Å². The van der Waals surface area contributed by atoms with Crippen molar-refractivity contribution in [1.29, 1.82) is 0 Å². The molecule has 0 fully saturated rings. The van der Waals surface area contributed by atoms with Crippen LogP contribution in [-0.2, 0) is 0 Å². The third-order valence-corrected chi connectivity index (χ3v) is 0.686. The summed E-state index contributed by atoms with van der Waals surface area (Å²) in [7, 11) is 0. The first kappa shape index (κ1) is 3.47. The fraction of sp³-hybridized carbons (Fsp3) is 0.200. The predicted molar refractivity (Wildman–Crippen MR) is 24.4 cm³/mol. The molecule has 0 spiro atoms. The van der Waals surface area contributed by atoms with Crippen LogP contribution in [-0.4, -0.2) is 4.98 Å². The van der Waals surface area contributed by atoms with Gasteiger partial charge in [0.05, 0.1) is 6.20 Å². The summed E-state index contributed by atoms with van der Waals surface area (Å²) in [4.78, 5) is 2.80. The van der Waals surface area contributed by atoms with Gasteiger partial charge in [0.1, 0.15) is 0 Å². The van der Waals surface area contributed by atoms with E-state index in [2.05, 4.69) is 11.2 Å². The third-order valence-electron chi connectivity index (χ3n) is 0.686. The molecule has 1 heteroatoms. The number of aromatic nitrogens is 1. The van der Waals surface area contributed by atoms with Crippen LogP contribution in [0.2, 0.25) is 0 Å². The third kappa shape index (κ3) is 0.432. The molecule has 1 heterocycles. The Morgan fingerprint density at radius 2 is 2.67 bits per heavy atom. The van der Waals surface area contributed by atoms with Gasteiger partial charge >= 0.3 is 0 Å². The lowest BCUT2D eigenvalue weighted by Crippen LogP contribution is -1.52. The van der Waals surface area contributed by atoms with Gasteiger partial charge in [-0.15, -0.1) is 0 Å². The number of aryl methyl sites for hydroxylation is 1. The maximum atomic E-state index is 2.88. The van der Waals surface area contributed by atoms with E-state index in [9.17, 15) is 0 Å². The molecular formula is C5H6N. The number of aromatic amines is 1. The van der Waals surface area contributed by atoms with Crippen LogP contribution >= 0.6 is 0 Å². The van der Waals surface area contributed by atoms with Gasteiger partial charge in [0.2, 0.25) is 0 Å². The van der Waals surface area contributed by atoms with Crippen molar-refractivity contribution in [2.75, 3.05) is 0 Å². The Labute approximate surface area is 37.0 Å². The Balaban J connectivity index is 3.05. The first-order valence-corrected chi connectivity index (χ1v) is 1.91. The van der Waals surface area contributed by atoms with Crippen LogP contribution in [0, 0.1) is 13.1 Å². The monoisotopic (exact) mass is 80.1 g/mol. The SMILES string of the molecule is Cc1[c][nH]cc1. The topological polar surface area (TPSA) is 15.8 Å². The molecule has 31 valence electrons. The van der Waals surface area contributed by atoms with E-state index in [1.165, 1.54) is 0 Å². The fourth-order valence-electron chi connectivity index (χ4n) is 0.364. The van der Waals surface area contributed by atoms with Crippen LogP contribution in [0.25, 0.3) is 0 Å². The minimum absolute atomic E-state index is 1.16. The molecule has 0 aromatic carbocycles. The zero-order valence-corrected chi connectivity index (χ0v) is 3.65. The normalized spacial score (nSPS) is 8.83. The average molecular weight is 80.1 g/mol. The van der Waals surface area contributed by atoms with Gasteiger partial charge < -0.3 is 4.98 Å². The van der Waals surface area contributed by atoms with Crippen molar-refractivity contribution in [2.24, 2.45) is 0 Å². The second-order valence-corrected chi connectivity index (χ2v) is 1.29. The maximum Gasteiger partial charge on any atom is 0.0651 e. The second-order valence-electron chi connectivity index (χ2n) is 1.29. The van der Waals surface area contributed by atoms with Crippen LogP contribution in [0.5, 0.6) is 0 Å². The standard InChI is InChI=1S/C5H6N/c1-5-2-3-6-4-5/h2-3,6H,1H3. The quantitative estimate of drug-likeness (QED) is 0.480. The van der Waals surface area contributed by atoms with E-state index < -0.39 is 0 Å². The smallest absolute Gasteiger partial charge is 0.0651 e. The Morgan fingerprint density at radius 1 is 1.83 bits per heavy atom. The Hall–Kier alpha value is -0.720. The average Bonchev–Trinajstić information content (AvgIpc) is 1.86. The summed E-state index contributed by atoms with van der Waals surface area (Å²) >= 11 is 0. The van der Waals surface area contributed by atoms with Gasteiger partial charge in [0.25, 0.3) is 0 Å². The van der Waals surface area contributed by atoms with E-state index in [-0.39, 0.29) is 0 Å². The first-order chi connectivity index (χ1) is 2.89.